The van der Waals surface area contributed by atoms with Gasteiger partial charge in [0.25, 0.3) is 0 Å². The van der Waals surface area contributed by atoms with Crippen molar-refractivity contribution in [2.24, 2.45) is 0 Å². The molecule has 0 aliphatic heterocycles. The normalized spacial score (nSPS) is 10.0. The van der Waals surface area contributed by atoms with Gasteiger partial charge in [-0.3, -0.25) is 0 Å². The van der Waals surface area contributed by atoms with Crippen LogP contribution in [-0.2, 0) is 4.74 Å². The molecule has 0 saturated carbocycles. The molecule has 1 heterocycles. The third-order valence-corrected chi connectivity index (χ3v) is 2.29. The average molecular weight is 232 g/mol. The molecule has 5 heteroatoms. The first-order valence-corrected chi connectivity index (χ1v) is 4.87. The third kappa shape index (κ3) is 2.28. The van der Waals surface area contributed by atoms with Gasteiger partial charge in [-0.15, -0.1) is 0 Å². The minimum Gasteiger partial charge on any atom is -0.465 e. The van der Waals surface area contributed by atoms with E-state index in [0.29, 0.717) is 5.56 Å². The molecule has 0 saturated heterocycles. The van der Waals surface area contributed by atoms with Crippen LogP contribution in [0.3, 0.4) is 0 Å². The van der Waals surface area contributed by atoms with Gasteiger partial charge in [0.1, 0.15) is 5.82 Å². The van der Waals surface area contributed by atoms with E-state index in [-0.39, 0.29) is 5.56 Å². The van der Waals surface area contributed by atoms with Crippen molar-refractivity contribution in [3.63, 3.8) is 0 Å². The number of ether oxygens (including phenoxy) is 1. The summed E-state index contributed by atoms with van der Waals surface area (Å²) in [7, 11) is 1.21. The number of rotatable bonds is 2. The van der Waals surface area contributed by atoms with E-state index in [2.05, 4.69) is 14.9 Å². The summed E-state index contributed by atoms with van der Waals surface area (Å²) >= 11 is 0. The first-order valence-electron chi connectivity index (χ1n) is 4.87. The SMILES string of the molecule is COC(=O)c1ccc(-c2ccnnc2)cc1F. The predicted molar refractivity (Wildman–Crippen MR) is 58.8 cm³/mol. The molecule has 17 heavy (non-hydrogen) atoms. The lowest BCUT2D eigenvalue weighted by atomic mass is 10.1. The van der Waals surface area contributed by atoms with E-state index >= 15 is 0 Å². The van der Waals surface area contributed by atoms with E-state index in [0.717, 1.165) is 5.56 Å². The summed E-state index contributed by atoms with van der Waals surface area (Å²) in [6.45, 7) is 0. The Kier molecular flexibility index (Phi) is 3.09. The number of carbonyl (C=O) groups excluding carboxylic acids is 1. The molecule has 2 rings (SSSR count). The highest BCUT2D eigenvalue weighted by Crippen LogP contribution is 2.20. The van der Waals surface area contributed by atoms with Gasteiger partial charge in [0, 0.05) is 5.56 Å². The van der Waals surface area contributed by atoms with Crippen LogP contribution in [0.5, 0.6) is 0 Å². The van der Waals surface area contributed by atoms with Crippen molar-refractivity contribution in [3.8, 4) is 11.1 Å². The number of methoxy groups -OCH3 is 1. The fourth-order valence-electron chi connectivity index (χ4n) is 1.43. The highest BCUT2D eigenvalue weighted by atomic mass is 19.1. The minimum atomic E-state index is -0.693. The van der Waals surface area contributed by atoms with Crippen molar-refractivity contribution >= 4 is 5.97 Å². The number of aromatic nitrogens is 2. The monoisotopic (exact) mass is 232 g/mol. The molecule has 0 atom stereocenters. The van der Waals surface area contributed by atoms with E-state index < -0.39 is 11.8 Å². The van der Waals surface area contributed by atoms with Gasteiger partial charge in [0.05, 0.1) is 25.1 Å². The van der Waals surface area contributed by atoms with Crippen molar-refractivity contribution in [3.05, 3.63) is 48.0 Å². The second-order valence-corrected chi connectivity index (χ2v) is 3.32. The molecule has 1 aromatic heterocycles. The van der Waals surface area contributed by atoms with Gasteiger partial charge in [-0.25, -0.2) is 9.18 Å². The van der Waals surface area contributed by atoms with Crippen LogP contribution in [0.2, 0.25) is 0 Å². The second kappa shape index (κ2) is 4.69. The van der Waals surface area contributed by atoms with E-state index in [1.807, 2.05) is 0 Å². The van der Waals surface area contributed by atoms with Crippen molar-refractivity contribution < 1.29 is 13.9 Å². The van der Waals surface area contributed by atoms with Gasteiger partial charge >= 0.3 is 5.97 Å². The van der Waals surface area contributed by atoms with Crippen LogP contribution in [0.1, 0.15) is 10.4 Å². The Morgan fingerprint density at radius 3 is 2.65 bits per heavy atom. The molecule has 4 nitrogen and oxygen atoms in total. The van der Waals surface area contributed by atoms with Crippen LogP contribution in [0, 0.1) is 5.82 Å². The quantitative estimate of drug-likeness (QED) is 0.744. The number of hydrogen-bond donors (Lipinski definition) is 0. The van der Waals surface area contributed by atoms with Crippen LogP contribution >= 0.6 is 0 Å². The Morgan fingerprint density at radius 1 is 1.24 bits per heavy atom. The maximum absolute atomic E-state index is 13.6. The van der Waals surface area contributed by atoms with E-state index in [4.69, 9.17) is 0 Å². The lowest BCUT2D eigenvalue weighted by Gasteiger charge is -2.04. The molecule has 1 aromatic carbocycles. The number of benzene rings is 1. The second-order valence-electron chi connectivity index (χ2n) is 3.32. The van der Waals surface area contributed by atoms with Gasteiger partial charge in [0.2, 0.25) is 0 Å². The van der Waals surface area contributed by atoms with Crippen LogP contribution in [0.4, 0.5) is 4.39 Å². The third-order valence-electron chi connectivity index (χ3n) is 2.29. The Labute approximate surface area is 97.1 Å². The zero-order chi connectivity index (χ0) is 12.3. The molecule has 0 bridgehead atoms. The minimum absolute atomic E-state index is 0.0849. The largest absolute Gasteiger partial charge is 0.465 e. The highest BCUT2D eigenvalue weighted by Gasteiger charge is 2.12. The number of carbonyl (C=O) groups is 1. The molecule has 2 aromatic rings. The molecule has 0 radical (unpaired) electrons. The maximum Gasteiger partial charge on any atom is 0.340 e. The standard InChI is InChI=1S/C12H9FN2O2/c1-17-12(16)10-3-2-8(6-11(10)13)9-4-5-14-15-7-9/h2-7H,1H3. The van der Waals surface area contributed by atoms with Gasteiger partial charge < -0.3 is 4.74 Å². The van der Waals surface area contributed by atoms with Gasteiger partial charge in [-0.1, -0.05) is 6.07 Å². The smallest absolute Gasteiger partial charge is 0.340 e. The van der Waals surface area contributed by atoms with Gasteiger partial charge in [-0.2, -0.15) is 10.2 Å². The number of esters is 1. The number of hydrogen-bond acceptors (Lipinski definition) is 4. The van der Waals surface area contributed by atoms with Crippen molar-refractivity contribution in [1.29, 1.82) is 0 Å². The number of halogens is 1. The van der Waals surface area contributed by atoms with Crippen molar-refractivity contribution in [2.45, 2.75) is 0 Å². The summed E-state index contributed by atoms with van der Waals surface area (Å²) in [6, 6.07) is 5.99. The molecule has 86 valence electrons. The van der Waals surface area contributed by atoms with Crippen molar-refractivity contribution in [1.82, 2.24) is 10.2 Å². The summed E-state index contributed by atoms with van der Waals surface area (Å²) in [4.78, 5) is 11.2. The Bertz CT molecular complexity index is 543. The molecule has 0 spiro atoms. The molecule has 0 amide bonds. The molecular weight excluding hydrogens is 223 g/mol. The van der Waals surface area contributed by atoms with Crippen LogP contribution in [0.25, 0.3) is 11.1 Å². The molecular formula is C12H9FN2O2. The zero-order valence-corrected chi connectivity index (χ0v) is 9.05. The lowest BCUT2D eigenvalue weighted by molar-refractivity contribution is 0.0595. The summed E-state index contributed by atoms with van der Waals surface area (Å²) in [5, 5.41) is 7.33. The van der Waals surface area contributed by atoms with Gasteiger partial charge in [-0.05, 0) is 23.8 Å². The van der Waals surface area contributed by atoms with Crippen LogP contribution in [0.15, 0.2) is 36.7 Å². The lowest BCUT2D eigenvalue weighted by Crippen LogP contribution is -2.04. The maximum atomic E-state index is 13.6. The summed E-state index contributed by atoms with van der Waals surface area (Å²) < 4.78 is 18.1. The van der Waals surface area contributed by atoms with E-state index in [1.54, 1.807) is 12.1 Å². The fraction of sp³-hybridized carbons (Fsp3) is 0.0833. The summed E-state index contributed by atoms with van der Waals surface area (Å²) in [5.41, 5.74) is 1.28. The highest BCUT2D eigenvalue weighted by molar-refractivity contribution is 5.90. The molecule has 0 fully saturated rings. The summed E-state index contributed by atoms with van der Waals surface area (Å²) in [5.74, 6) is -1.31. The van der Waals surface area contributed by atoms with E-state index in [9.17, 15) is 9.18 Å². The molecule has 0 unspecified atom stereocenters. The summed E-state index contributed by atoms with van der Waals surface area (Å²) in [6.07, 6.45) is 3.04. The molecule has 0 aliphatic rings. The molecule has 0 N–H and O–H groups in total. The average Bonchev–Trinajstić information content (AvgIpc) is 2.39. The predicted octanol–water partition coefficient (Wildman–Crippen LogP) is 2.07. The number of nitrogens with zero attached hydrogens (tertiary/aromatic N) is 2. The Hall–Kier alpha value is -2.30. The van der Waals surface area contributed by atoms with E-state index in [1.165, 1.54) is 31.6 Å². The van der Waals surface area contributed by atoms with Crippen LogP contribution < -0.4 is 0 Å². The molecule has 0 aliphatic carbocycles. The fourth-order valence-corrected chi connectivity index (χ4v) is 1.43. The Balaban J connectivity index is 2.41. The zero-order valence-electron chi connectivity index (χ0n) is 9.05. The first kappa shape index (κ1) is 11.2. The van der Waals surface area contributed by atoms with Crippen molar-refractivity contribution in [2.75, 3.05) is 7.11 Å². The van der Waals surface area contributed by atoms with Gasteiger partial charge in [0.15, 0.2) is 0 Å². The Morgan fingerprint density at radius 2 is 2.06 bits per heavy atom. The van der Waals surface area contributed by atoms with Crippen LogP contribution in [-0.4, -0.2) is 23.3 Å². The topological polar surface area (TPSA) is 52.1 Å². The first-order chi connectivity index (χ1) is 8.22.